The van der Waals surface area contributed by atoms with Gasteiger partial charge < -0.3 is 10.2 Å². The molecule has 0 aliphatic carbocycles. The van der Waals surface area contributed by atoms with Crippen LogP contribution in [-0.4, -0.2) is 37.0 Å². The minimum atomic E-state index is -0.882. The van der Waals surface area contributed by atoms with Crippen LogP contribution in [-0.2, 0) is 4.79 Å². The SMILES string of the molecule is CCC(C)(C#N)C(=O)NCC(C)CN1CCCC1. The Morgan fingerprint density at radius 3 is 2.61 bits per heavy atom. The molecule has 1 heterocycles. The van der Waals surface area contributed by atoms with Crippen LogP contribution in [0.4, 0.5) is 0 Å². The monoisotopic (exact) mass is 251 g/mol. The van der Waals surface area contributed by atoms with E-state index in [0.717, 1.165) is 6.54 Å². The molecule has 18 heavy (non-hydrogen) atoms. The van der Waals surface area contributed by atoms with Gasteiger partial charge in [0.25, 0.3) is 0 Å². The van der Waals surface area contributed by atoms with Crippen LogP contribution in [0, 0.1) is 22.7 Å². The first-order valence-electron chi connectivity index (χ1n) is 6.93. The van der Waals surface area contributed by atoms with Crippen LogP contribution in [0.5, 0.6) is 0 Å². The van der Waals surface area contributed by atoms with E-state index in [-0.39, 0.29) is 5.91 Å². The van der Waals surface area contributed by atoms with E-state index >= 15 is 0 Å². The lowest BCUT2D eigenvalue weighted by molar-refractivity contribution is -0.127. The van der Waals surface area contributed by atoms with Crippen LogP contribution in [0.2, 0.25) is 0 Å². The summed E-state index contributed by atoms with van der Waals surface area (Å²) in [7, 11) is 0. The number of likely N-dealkylation sites (tertiary alicyclic amines) is 1. The Morgan fingerprint density at radius 2 is 2.11 bits per heavy atom. The van der Waals surface area contributed by atoms with Crippen molar-refractivity contribution in [3.63, 3.8) is 0 Å². The number of nitriles is 1. The number of amides is 1. The summed E-state index contributed by atoms with van der Waals surface area (Å²) < 4.78 is 0. The molecule has 4 nitrogen and oxygen atoms in total. The molecule has 0 bridgehead atoms. The fraction of sp³-hybridized carbons (Fsp3) is 0.857. The van der Waals surface area contributed by atoms with Gasteiger partial charge in [0.05, 0.1) is 6.07 Å². The lowest BCUT2D eigenvalue weighted by atomic mass is 9.88. The largest absolute Gasteiger partial charge is 0.354 e. The van der Waals surface area contributed by atoms with Gasteiger partial charge in [-0.3, -0.25) is 4.79 Å². The zero-order valence-electron chi connectivity index (χ0n) is 11.8. The molecule has 4 heteroatoms. The van der Waals surface area contributed by atoms with E-state index in [1.165, 1.54) is 25.9 Å². The molecule has 0 radical (unpaired) electrons. The third kappa shape index (κ3) is 3.99. The average molecular weight is 251 g/mol. The fourth-order valence-corrected chi connectivity index (χ4v) is 2.22. The summed E-state index contributed by atoms with van der Waals surface area (Å²) in [5.74, 6) is 0.299. The van der Waals surface area contributed by atoms with E-state index < -0.39 is 5.41 Å². The summed E-state index contributed by atoms with van der Waals surface area (Å²) in [4.78, 5) is 14.4. The molecule has 1 aliphatic rings. The number of carbonyl (C=O) groups excluding carboxylic acids is 1. The Balaban J connectivity index is 2.31. The van der Waals surface area contributed by atoms with Gasteiger partial charge in [-0.2, -0.15) is 5.26 Å². The number of rotatable bonds is 6. The Morgan fingerprint density at radius 1 is 1.50 bits per heavy atom. The van der Waals surface area contributed by atoms with Crippen LogP contribution in [0.1, 0.15) is 40.0 Å². The molecule has 1 amide bonds. The second-order valence-electron chi connectivity index (χ2n) is 5.62. The van der Waals surface area contributed by atoms with Crippen molar-refractivity contribution in [3.8, 4) is 6.07 Å². The van der Waals surface area contributed by atoms with Gasteiger partial charge in [-0.05, 0) is 45.2 Å². The van der Waals surface area contributed by atoms with Crippen LogP contribution in [0.25, 0.3) is 0 Å². The van der Waals surface area contributed by atoms with Gasteiger partial charge >= 0.3 is 0 Å². The molecular weight excluding hydrogens is 226 g/mol. The first-order chi connectivity index (χ1) is 8.51. The molecule has 1 N–H and O–H groups in total. The zero-order valence-corrected chi connectivity index (χ0v) is 11.8. The summed E-state index contributed by atoms with van der Waals surface area (Å²) in [6.07, 6.45) is 3.14. The van der Waals surface area contributed by atoms with E-state index in [4.69, 9.17) is 5.26 Å². The fourth-order valence-electron chi connectivity index (χ4n) is 2.22. The number of nitrogens with one attached hydrogen (secondary N) is 1. The molecule has 1 aliphatic heterocycles. The molecule has 102 valence electrons. The van der Waals surface area contributed by atoms with E-state index in [9.17, 15) is 4.79 Å². The van der Waals surface area contributed by atoms with Crippen molar-refractivity contribution in [2.24, 2.45) is 11.3 Å². The molecule has 0 aromatic rings. The highest BCUT2D eigenvalue weighted by molar-refractivity contribution is 5.84. The molecule has 0 aromatic carbocycles. The van der Waals surface area contributed by atoms with Crippen molar-refractivity contribution < 1.29 is 4.79 Å². The minimum Gasteiger partial charge on any atom is -0.354 e. The van der Waals surface area contributed by atoms with Crippen LogP contribution < -0.4 is 5.32 Å². The van der Waals surface area contributed by atoms with E-state index in [1.54, 1.807) is 6.92 Å². The van der Waals surface area contributed by atoms with Gasteiger partial charge in [0.2, 0.25) is 5.91 Å². The van der Waals surface area contributed by atoms with E-state index in [1.807, 2.05) is 6.92 Å². The second-order valence-corrected chi connectivity index (χ2v) is 5.62. The third-order valence-electron chi connectivity index (χ3n) is 3.83. The maximum atomic E-state index is 11.9. The summed E-state index contributed by atoms with van der Waals surface area (Å²) in [5, 5.41) is 11.9. The van der Waals surface area contributed by atoms with Crippen molar-refractivity contribution in [2.75, 3.05) is 26.2 Å². The van der Waals surface area contributed by atoms with Crippen LogP contribution in [0.15, 0.2) is 0 Å². The number of hydrogen-bond donors (Lipinski definition) is 1. The molecule has 1 fully saturated rings. The number of hydrogen-bond acceptors (Lipinski definition) is 3. The third-order valence-corrected chi connectivity index (χ3v) is 3.83. The Kier molecular flexibility index (Phi) is 5.61. The highest BCUT2D eigenvalue weighted by atomic mass is 16.2. The highest BCUT2D eigenvalue weighted by Crippen LogP contribution is 2.19. The first kappa shape index (κ1) is 15.0. The van der Waals surface area contributed by atoms with Gasteiger partial charge in [0, 0.05) is 13.1 Å². The normalized spacial score (nSPS) is 21.0. The second kappa shape index (κ2) is 6.75. The van der Waals surface area contributed by atoms with E-state index in [2.05, 4.69) is 23.2 Å². The maximum absolute atomic E-state index is 11.9. The quantitative estimate of drug-likeness (QED) is 0.783. The molecule has 1 saturated heterocycles. The van der Waals surface area contributed by atoms with Crippen molar-refractivity contribution in [2.45, 2.75) is 40.0 Å². The first-order valence-corrected chi connectivity index (χ1v) is 6.93. The van der Waals surface area contributed by atoms with E-state index in [0.29, 0.717) is 18.9 Å². The molecule has 1 rings (SSSR count). The predicted molar refractivity (Wildman–Crippen MR) is 71.9 cm³/mol. The van der Waals surface area contributed by atoms with Crippen LogP contribution in [0.3, 0.4) is 0 Å². The molecular formula is C14H25N3O. The molecule has 2 unspecified atom stereocenters. The Labute approximate surface area is 110 Å². The number of carbonyl (C=O) groups is 1. The predicted octanol–water partition coefficient (Wildman–Crippen LogP) is 1.77. The average Bonchev–Trinajstić information content (AvgIpc) is 2.87. The smallest absolute Gasteiger partial charge is 0.240 e. The topological polar surface area (TPSA) is 56.1 Å². The molecule has 2 atom stereocenters. The van der Waals surface area contributed by atoms with Gasteiger partial charge in [-0.25, -0.2) is 0 Å². The van der Waals surface area contributed by atoms with Crippen molar-refractivity contribution in [3.05, 3.63) is 0 Å². The lowest BCUT2D eigenvalue weighted by Crippen LogP contribution is -2.41. The van der Waals surface area contributed by atoms with Gasteiger partial charge in [0.15, 0.2) is 0 Å². The summed E-state index contributed by atoms with van der Waals surface area (Å²) in [6, 6.07) is 2.10. The standard InChI is InChI=1S/C14H25N3O/c1-4-14(3,11-15)13(18)16-9-12(2)10-17-7-5-6-8-17/h12H,4-10H2,1-3H3,(H,16,18). The maximum Gasteiger partial charge on any atom is 0.240 e. The number of nitrogens with zero attached hydrogens (tertiary/aromatic N) is 2. The van der Waals surface area contributed by atoms with Crippen LogP contribution >= 0.6 is 0 Å². The minimum absolute atomic E-state index is 0.138. The Bertz CT molecular complexity index is 317. The van der Waals surface area contributed by atoms with Gasteiger partial charge in [0.1, 0.15) is 5.41 Å². The van der Waals surface area contributed by atoms with Gasteiger partial charge in [-0.15, -0.1) is 0 Å². The summed E-state index contributed by atoms with van der Waals surface area (Å²) >= 11 is 0. The van der Waals surface area contributed by atoms with Crippen molar-refractivity contribution in [1.29, 1.82) is 5.26 Å². The molecule has 0 saturated carbocycles. The molecule has 0 spiro atoms. The summed E-state index contributed by atoms with van der Waals surface area (Å²) in [6.45, 7) is 9.78. The zero-order chi connectivity index (χ0) is 13.6. The van der Waals surface area contributed by atoms with Crippen molar-refractivity contribution >= 4 is 5.91 Å². The van der Waals surface area contributed by atoms with Crippen molar-refractivity contribution in [1.82, 2.24) is 10.2 Å². The summed E-state index contributed by atoms with van der Waals surface area (Å²) in [5.41, 5.74) is -0.882. The lowest BCUT2D eigenvalue weighted by Gasteiger charge is -2.23. The highest BCUT2D eigenvalue weighted by Gasteiger charge is 2.31. The Hall–Kier alpha value is -1.08. The molecule has 0 aromatic heterocycles. The van der Waals surface area contributed by atoms with Gasteiger partial charge in [-0.1, -0.05) is 13.8 Å².